The van der Waals surface area contributed by atoms with E-state index in [1.165, 1.54) is 36.9 Å². The fourth-order valence-corrected chi connectivity index (χ4v) is 1.44. The molecule has 0 aliphatic heterocycles. The van der Waals surface area contributed by atoms with Gasteiger partial charge in [0.05, 0.1) is 12.4 Å². The molecule has 19 heavy (non-hydrogen) atoms. The molecule has 0 spiro atoms. The number of nitrogens with zero attached hydrogens (tertiary/aromatic N) is 3. The minimum absolute atomic E-state index is 0.0156. The van der Waals surface area contributed by atoms with Crippen molar-refractivity contribution < 1.29 is 9.90 Å². The molecule has 0 saturated carbocycles. The number of nitrogens with one attached hydrogen (secondary N) is 1. The van der Waals surface area contributed by atoms with Gasteiger partial charge in [-0.1, -0.05) is 11.6 Å². The number of amides is 1. The van der Waals surface area contributed by atoms with Crippen LogP contribution < -0.4 is 5.43 Å². The fraction of sp³-hybridized carbons (Fsp3) is 0. The molecule has 0 bridgehead atoms. The number of hydrogen-bond acceptors (Lipinski definition) is 5. The van der Waals surface area contributed by atoms with Crippen molar-refractivity contribution >= 4 is 23.7 Å². The molecule has 96 valence electrons. The van der Waals surface area contributed by atoms with Crippen LogP contribution >= 0.6 is 11.6 Å². The fourth-order valence-electron chi connectivity index (χ4n) is 1.26. The molecule has 1 heterocycles. The Balaban J connectivity index is 2.04. The minimum Gasteiger partial charge on any atom is -0.507 e. The van der Waals surface area contributed by atoms with Crippen LogP contribution in [0.15, 0.2) is 41.9 Å². The van der Waals surface area contributed by atoms with Gasteiger partial charge in [-0.05, 0) is 18.2 Å². The molecular formula is C12H9ClN4O2. The number of aromatic nitrogens is 2. The van der Waals surface area contributed by atoms with E-state index in [2.05, 4.69) is 20.5 Å². The van der Waals surface area contributed by atoms with Gasteiger partial charge in [0, 0.05) is 23.0 Å². The second-order valence-electron chi connectivity index (χ2n) is 3.49. The maximum absolute atomic E-state index is 11.6. The summed E-state index contributed by atoms with van der Waals surface area (Å²) >= 11 is 5.78. The van der Waals surface area contributed by atoms with Gasteiger partial charge in [-0.15, -0.1) is 0 Å². The second-order valence-corrected chi connectivity index (χ2v) is 3.93. The van der Waals surface area contributed by atoms with Crippen LogP contribution in [-0.2, 0) is 0 Å². The van der Waals surface area contributed by atoms with E-state index in [0.717, 1.165) is 0 Å². The highest BCUT2D eigenvalue weighted by atomic mass is 35.5. The number of halogens is 1. The molecule has 2 N–H and O–H groups in total. The number of carbonyl (C=O) groups excluding carboxylic acids is 1. The van der Waals surface area contributed by atoms with Crippen LogP contribution in [-0.4, -0.2) is 27.2 Å². The van der Waals surface area contributed by atoms with Crippen LogP contribution in [0, 0.1) is 0 Å². The zero-order valence-corrected chi connectivity index (χ0v) is 10.4. The van der Waals surface area contributed by atoms with Crippen LogP contribution in [0.5, 0.6) is 5.75 Å². The Kier molecular flexibility index (Phi) is 4.04. The number of rotatable bonds is 3. The molecule has 6 nitrogen and oxygen atoms in total. The van der Waals surface area contributed by atoms with Crippen molar-refractivity contribution in [3.05, 3.63) is 53.1 Å². The Labute approximate surface area is 113 Å². The van der Waals surface area contributed by atoms with Gasteiger partial charge in [-0.2, -0.15) is 5.10 Å². The van der Waals surface area contributed by atoms with Crippen molar-refractivity contribution in [2.75, 3.05) is 0 Å². The van der Waals surface area contributed by atoms with Crippen molar-refractivity contribution in [3.8, 4) is 5.75 Å². The van der Waals surface area contributed by atoms with Gasteiger partial charge in [-0.25, -0.2) is 10.4 Å². The second kappa shape index (κ2) is 5.92. The first-order valence-electron chi connectivity index (χ1n) is 5.25. The number of aromatic hydroxyl groups is 1. The third-order valence-corrected chi connectivity index (χ3v) is 2.39. The van der Waals surface area contributed by atoms with Gasteiger partial charge in [0.25, 0.3) is 5.91 Å². The standard InChI is InChI=1S/C12H9ClN4O2/c13-9-1-2-11(18)8(5-9)6-16-17-12(19)10-7-14-3-4-15-10/h1-7,18H,(H,17,19)/b16-6-. The van der Waals surface area contributed by atoms with E-state index in [9.17, 15) is 9.90 Å². The highest BCUT2D eigenvalue weighted by Gasteiger charge is 2.05. The average molecular weight is 277 g/mol. The van der Waals surface area contributed by atoms with Gasteiger partial charge in [0.2, 0.25) is 0 Å². The molecule has 0 atom stereocenters. The van der Waals surface area contributed by atoms with Gasteiger partial charge in [-0.3, -0.25) is 9.78 Å². The average Bonchev–Trinajstić information content (AvgIpc) is 2.43. The summed E-state index contributed by atoms with van der Waals surface area (Å²) < 4.78 is 0. The first-order chi connectivity index (χ1) is 9.16. The molecule has 0 fully saturated rings. The van der Waals surface area contributed by atoms with Gasteiger partial charge in [0.15, 0.2) is 0 Å². The van der Waals surface area contributed by atoms with E-state index >= 15 is 0 Å². The Morgan fingerprint density at radius 2 is 2.26 bits per heavy atom. The lowest BCUT2D eigenvalue weighted by Crippen LogP contribution is -2.19. The predicted molar refractivity (Wildman–Crippen MR) is 70.2 cm³/mol. The Bertz CT molecular complexity index is 616. The minimum atomic E-state index is -0.495. The largest absolute Gasteiger partial charge is 0.507 e. The molecule has 0 radical (unpaired) electrons. The van der Waals surface area contributed by atoms with Crippen LogP contribution in [0.4, 0.5) is 0 Å². The smallest absolute Gasteiger partial charge is 0.291 e. The predicted octanol–water partition coefficient (Wildman–Crippen LogP) is 1.60. The van der Waals surface area contributed by atoms with Crippen molar-refractivity contribution in [2.45, 2.75) is 0 Å². The highest BCUT2D eigenvalue weighted by Crippen LogP contribution is 2.19. The number of phenolic OH excluding ortho intramolecular Hbond substituents is 1. The van der Waals surface area contributed by atoms with Crippen LogP contribution in [0.1, 0.15) is 16.1 Å². The summed E-state index contributed by atoms with van der Waals surface area (Å²) in [6, 6.07) is 4.51. The molecule has 0 aliphatic rings. The normalized spacial score (nSPS) is 10.6. The third-order valence-electron chi connectivity index (χ3n) is 2.16. The quantitative estimate of drug-likeness (QED) is 0.658. The van der Waals surface area contributed by atoms with E-state index < -0.39 is 5.91 Å². The number of carbonyl (C=O) groups is 1. The molecular weight excluding hydrogens is 268 g/mol. The first kappa shape index (κ1) is 13.0. The van der Waals surface area contributed by atoms with E-state index in [0.29, 0.717) is 10.6 Å². The molecule has 1 aromatic carbocycles. The van der Waals surface area contributed by atoms with E-state index in [1.54, 1.807) is 6.07 Å². The van der Waals surface area contributed by atoms with Crippen molar-refractivity contribution in [2.24, 2.45) is 5.10 Å². The Morgan fingerprint density at radius 3 is 3.00 bits per heavy atom. The van der Waals surface area contributed by atoms with Gasteiger partial charge >= 0.3 is 0 Å². The zero-order chi connectivity index (χ0) is 13.7. The molecule has 1 amide bonds. The highest BCUT2D eigenvalue weighted by molar-refractivity contribution is 6.30. The van der Waals surface area contributed by atoms with E-state index in [1.807, 2.05) is 0 Å². The molecule has 0 unspecified atom stereocenters. The monoisotopic (exact) mass is 276 g/mol. The summed E-state index contributed by atoms with van der Waals surface area (Å²) in [4.78, 5) is 19.2. The van der Waals surface area contributed by atoms with Crippen molar-refractivity contribution in [3.63, 3.8) is 0 Å². The van der Waals surface area contributed by atoms with Crippen LogP contribution in [0.25, 0.3) is 0 Å². The molecule has 7 heteroatoms. The maximum Gasteiger partial charge on any atom is 0.291 e. The van der Waals surface area contributed by atoms with E-state index in [4.69, 9.17) is 11.6 Å². The molecule has 2 rings (SSSR count). The number of benzene rings is 1. The summed E-state index contributed by atoms with van der Waals surface area (Å²) in [5.41, 5.74) is 2.81. The SMILES string of the molecule is O=C(N/N=C\c1cc(Cl)ccc1O)c1cnccn1. The zero-order valence-electron chi connectivity index (χ0n) is 9.62. The Hall–Kier alpha value is -2.47. The summed E-state index contributed by atoms with van der Waals surface area (Å²) in [6.07, 6.45) is 5.47. The van der Waals surface area contributed by atoms with Crippen molar-refractivity contribution in [1.29, 1.82) is 0 Å². The number of phenols is 1. The van der Waals surface area contributed by atoms with Crippen LogP contribution in [0.2, 0.25) is 5.02 Å². The van der Waals surface area contributed by atoms with Gasteiger partial charge in [0.1, 0.15) is 11.4 Å². The molecule has 0 saturated heterocycles. The lowest BCUT2D eigenvalue weighted by molar-refractivity contribution is 0.0949. The summed E-state index contributed by atoms with van der Waals surface area (Å²) in [5, 5.41) is 13.7. The van der Waals surface area contributed by atoms with E-state index in [-0.39, 0.29) is 11.4 Å². The number of hydrogen-bond donors (Lipinski definition) is 2. The molecule has 1 aromatic heterocycles. The van der Waals surface area contributed by atoms with Crippen LogP contribution in [0.3, 0.4) is 0 Å². The molecule has 0 aliphatic carbocycles. The van der Waals surface area contributed by atoms with Gasteiger partial charge < -0.3 is 5.11 Å². The topological polar surface area (TPSA) is 87.5 Å². The Morgan fingerprint density at radius 1 is 1.42 bits per heavy atom. The lowest BCUT2D eigenvalue weighted by Gasteiger charge is -2.00. The summed E-state index contributed by atoms with van der Waals surface area (Å²) in [5.74, 6) is -0.479. The lowest BCUT2D eigenvalue weighted by atomic mass is 10.2. The van der Waals surface area contributed by atoms with Crippen molar-refractivity contribution in [1.82, 2.24) is 15.4 Å². The first-order valence-corrected chi connectivity index (χ1v) is 5.62. The maximum atomic E-state index is 11.6. The molecule has 2 aromatic rings. The number of hydrazone groups is 1. The summed E-state index contributed by atoms with van der Waals surface area (Å²) in [7, 11) is 0. The third kappa shape index (κ3) is 3.49. The summed E-state index contributed by atoms with van der Waals surface area (Å²) in [6.45, 7) is 0.